The molecule has 1 aliphatic rings. The Morgan fingerprint density at radius 1 is 1.05 bits per heavy atom. The van der Waals surface area contributed by atoms with E-state index in [4.69, 9.17) is 0 Å². The zero-order valence-electron chi connectivity index (χ0n) is 12.0. The van der Waals surface area contributed by atoms with Gasteiger partial charge in [0.2, 0.25) is 0 Å². The van der Waals surface area contributed by atoms with Gasteiger partial charge in [-0.05, 0) is 12.1 Å². The summed E-state index contributed by atoms with van der Waals surface area (Å²) in [4.78, 5) is 5.02. The highest BCUT2D eigenvalue weighted by Crippen LogP contribution is 1.99. The number of hydrogen-bond donors (Lipinski definition) is 3. The molecule has 3 heteroatoms. The minimum atomic E-state index is 0.804. The first-order chi connectivity index (χ1) is 9.90. The second kappa shape index (κ2) is 6.73. The molecule has 0 saturated carbocycles. The first-order valence-corrected chi connectivity index (χ1v) is 7.73. The van der Waals surface area contributed by atoms with Crippen molar-refractivity contribution in [3.8, 4) is 0 Å². The van der Waals surface area contributed by atoms with E-state index in [1.165, 1.54) is 43.7 Å². The lowest BCUT2D eigenvalue weighted by molar-refractivity contribution is -0.926. The van der Waals surface area contributed by atoms with Gasteiger partial charge in [-0.15, -0.1) is 0 Å². The van der Waals surface area contributed by atoms with Gasteiger partial charge in [-0.3, -0.25) is 0 Å². The Balaban J connectivity index is 1.40. The van der Waals surface area contributed by atoms with Crippen LogP contribution in [0.2, 0.25) is 0 Å². The molecule has 0 spiro atoms. The highest BCUT2D eigenvalue weighted by Gasteiger charge is 2.24. The average Bonchev–Trinajstić information content (AvgIpc) is 3.01. The van der Waals surface area contributed by atoms with Crippen LogP contribution in [-0.2, 0) is 13.1 Å². The van der Waals surface area contributed by atoms with E-state index < -0.39 is 0 Å². The summed E-state index contributed by atoms with van der Waals surface area (Å²) in [5.74, 6) is 0. The van der Waals surface area contributed by atoms with E-state index in [0.29, 0.717) is 0 Å². The van der Waals surface area contributed by atoms with Gasteiger partial charge in [0.1, 0.15) is 13.1 Å². The number of piperidine rings is 1. The number of nitrogens with one attached hydrogen (secondary N) is 2. The largest absolute Gasteiger partial charge is 0.360 e. The van der Waals surface area contributed by atoms with Gasteiger partial charge in [0.25, 0.3) is 0 Å². The summed E-state index contributed by atoms with van der Waals surface area (Å²) in [6.07, 6.45) is 4.68. The fourth-order valence-electron chi connectivity index (χ4n) is 3.13. The molecule has 4 N–H and O–H groups in total. The molecule has 2 aromatic rings. The van der Waals surface area contributed by atoms with Crippen molar-refractivity contribution in [2.45, 2.75) is 32.0 Å². The second-order valence-electron chi connectivity index (χ2n) is 5.88. The Bertz CT molecular complexity index is 484. The Hall–Kier alpha value is -1.58. The standard InChI is InChI=1S/C17H23N3/c1-2-5-15(6-3-1)14-20-11-8-16(9-12-20)19-13-17-7-4-10-18-17/h1-7,10,16,18-19H,8-9,11-14H2/p+2. The van der Waals surface area contributed by atoms with Crippen molar-refractivity contribution in [2.75, 3.05) is 13.1 Å². The zero-order valence-corrected chi connectivity index (χ0v) is 12.0. The monoisotopic (exact) mass is 271 g/mol. The molecule has 2 heterocycles. The van der Waals surface area contributed by atoms with Crippen LogP contribution in [0.25, 0.3) is 0 Å². The number of nitrogens with two attached hydrogens (primary N) is 1. The number of hydrogen-bond acceptors (Lipinski definition) is 0. The molecule has 3 nitrogen and oxygen atoms in total. The molecule has 1 aromatic carbocycles. The van der Waals surface area contributed by atoms with Crippen LogP contribution in [0.4, 0.5) is 0 Å². The van der Waals surface area contributed by atoms with Crippen LogP contribution in [0.5, 0.6) is 0 Å². The molecule has 0 unspecified atom stereocenters. The Kier molecular flexibility index (Phi) is 4.51. The van der Waals surface area contributed by atoms with E-state index in [0.717, 1.165) is 12.6 Å². The summed E-state index contributed by atoms with van der Waals surface area (Å²) in [6, 6.07) is 15.9. The third-order valence-corrected chi connectivity index (χ3v) is 4.37. The summed E-state index contributed by atoms with van der Waals surface area (Å²) < 4.78 is 0. The van der Waals surface area contributed by atoms with Gasteiger partial charge in [0, 0.05) is 24.6 Å². The maximum Gasteiger partial charge on any atom is 0.116 e. The Morgan fingerprint density at radius 3 is 2.55 bits per heavy atom. The van der Waals surface area contributed by atoms with E-state index in [1.807, 2.05) is 6.20 Å². The molecule has 0 bridgehead atoms. The molecule has 0 amide bonds. The number of quaternary nitrogens is 2. The van der Waals surface area contributed by atoms with Crippen molar-refractivity contribution in [2.24, 2.45) is 0 Å². The summed E-state index contributed by atoms with van der Waals surface area (Å²) in [7, 11) is 0. The fraction of sp³-hybridized carbons (Fsp3) is 0.412. The first kappa shape index (κ1) is 13.4. The topological polar surface area (TPSA) is 36.8 Å². The first-order valence-electron chi connectivity index (χ1n) is 7.73. The number of benzene rings is 1. The van der Waals surface area contributed by atoms with Crippen molar-refractivity contribution >= 4 is 0 Å². The van der Waals surface area contributed by atoms with Crippen LogP contribution >= 0.6 is 0 Å². The second-order valence-corrected chi connectivity index (χ2v) is 5.88. The van der Waals surface area contributed by atoms with E-state index in [9.17, 15) is 0 Å². The van der Waals surface area contributed by atoms with Crippen LogP contribution in [0, 0.1) is 0 Å². The van der Waals surface area contributed by atoms with Crippen molar-refractivity contribution in [3.05, 3.63) is 59.9 Å². The lowest BCUT2D eigenvalue weighted by Crippen LogP contribution is -3.13. The minimum Gasteiger partial charge on any atom is -0.360 e. The van der Waals surface area contributed by atoms with Crippen molar-refractivity contribution < 1.29 is 10.2 Å². The third-order valence-electron chi connectivity index (χ3n) is 4.37. The van der Waals surface area contributed by atoms with Crippen molar-refractivity contribution in [1.29, 1.82) is 0 Å². The summed E-state index contributed by atoms with van der Waals surface area (Å²) >= 11 is 0. The Labute approximate surface area is 121 Å². The smallest absolute Gasteiger partial charge is 0.116 e. The number of rotatable bonds is 5. The zero-order chi connectivity index (χ0) is 13.6. The SMILES string of the molecule is c1ccc(C[NH+]2CCC([NH2+]Cc3ccc[nH]3)CC2)cc1. The quantitative estimate of drug-likeness (QED) is 0.701. The maximum atomic E-state index is 3.28. The normalized spacial score (nSPS) is 22.8. The van der Waals surface area contributed by atoms with E-state index in [1.54, 1.807) is 4.90 Å². The van der Waals surface area contributed by atoms with E-state index in [-0.39, 0.29) is 0 Å². The van der Waals surface area contributed by atoms with E-state index >= 15 is 0 Å². The van der Waals surface area contributed by atoms with Gasteiger partial charge in [-0.2, -0.15) is 0 Å². The molecule has 1 fully saturated rings. The molecular weight excluding hydrogens is 246 g/mol. The number of aromatic amines is 1. The molecular formula is C17H25N3+2. The van der Waals surface area contributed by atoms with Gasteiger partial charge in [0.15, 0.2) is 0 Å². The molecule has 0 radical (unpaired) electrons. The molecule has 0 atom stereocenters. The van der Waals surface area contributed by atoms with Gasteiger partial charge in [-0.1, -0.05) is 30.3 Å². The van der Waals surface area contributed by atoms with Crippen LogP contribution in [-0.4, -0.2) is 24.1 Å². The molecule has 106 valence electrons. The lowest BCUT2D eigenvalue weighted by atomic mass is 10.0. The van der Waals surface area contributed by atoms with Gasteiger partial charge < -0.3 is 15.2 Å². The molecule has 1 aliphatic heterocycles. The van der Waals surface area contributed by atoms with E-state index in [2.05, 4.69) is 52.8 Å². The maximum absolute atomic E-state index is 3.28. The number of aromatic nitrogens is 1. The summed E-state index contributed by atoms with van der Waals surface area (Å²) in [5.41, 5.74) is 2.81. The van der Waals surface area contributed by atoms with Gasteiger partial charge >= 0.3 is 0 Å². The molecule has 20 heavy (non-hydrogen) atoms. The van der Waals surface area contributed by atoms with Crippen molar-refractivity contribution in [1.82, 2.24) is 4.98 Å². The minimum absolute atomic E-state index is 0.804. The molecule has 0 aliphatic carbocycles. The van der Waals surface area contributed by atoms with Crippen LogP contribution in [0.1, 0.15) is 24.1 Å². The Morgan fingerprint density at radius 2 is 1.85 bits per heavy atom. The highest BCUT2D eigenvalue weighted by molar-refractivity contribution is 5.13. The van der Waals surface area contributed by atoms with Gasteiger partial charge in [0.05, 0.1) is 24.8 Å². The molecule has 1 saturated heterocycles. The summed E-state index contributed by atoms with van der Waals surface area (Å²) in [6.45, 7) is 4.89. The number of likely N-dealkylation sites (tertiary alicyclic amines) is 1. The summed E-state index contributed by atoms with van der Waals surface area (Å²) in [5, 5.41) is 2.51. The molecule has 1 aromatic heterocycles. The predicted octanol–water partition coefficient (Wildman–Crippen LogP) is 0.326. The van der Waals surface area contributed by atoms with Crippen LogP contribution < -0.4 is 10.2 Å². The average molecular weight is 271 g/mol. The van der Waals surface area contributed by atoms with Crippen LogP contribution in [0.3, 0.4) is 0 Å². The van der Waals surface area contributed by atoms with Crippen molar-refractivity contribution in [3.63, 3.8) is 0 Å². The highest BCUT2D eigenvalue weighted by atomic mass is 15.1. The predicted molar refractivity (Wildman–Crippen MR) is 80.3 cm³/mol. The van der Waals surface area contributed by atoms with Crippen LogP contribution in [0.15, 0.2) is 48.7 Å². The third kappa shape index (κ3) is 3.71. The molecule has 3 rings (SSSR count). The van der Waals surface area contributed by atoms with Gasteiger partial charge in [-0.25, -0.2) is 0 Å². The lowest BCUT2D eigenvalue weighted by Gasteiger charge is -2.28. The fourth-order valence-corrected chi connectivity index (χ4v) is 3.13. The number of H-pyrrole nitrogens is 1.